The molecule has 7 nitrogen and oxygen atoms in total. The van der Waals surface area contributed by atoms with Crippen molar-refractivity contribution in [2.75, 3.05) is 6.54 Å². The van der Waals surface area contributed by atoms with Crippen molar-refractivity contribution >= 4 is 12.0 Å². The summed E-state index contributed by atoms with van der Waals surface area (Å²) in [7, 11) is 0. The van der Waals surface area contributed by atoms with Gasteiger partial charge in [0.1, 0.15) is 6.29 Å². The smallest absolute Gasteiger partial charge is 0.269 e. The van der Waals surface area contributed by atoms with Gasteiger partial charge in [0.05, 0.1) is 10.8 Å². The van der Waals surface area contributed by atoms with Crippen LogP contribution in [0.5, 0.6) is 0 Å². The molecule has 0 bridgehead atoms. The van der Waals surface area contributed by atoms with Gasteiger partial charge >= 0.3 is 0 Å². The lowest BCUT2D eigenvalue weighted by Gasteiger charge is -2.18. The minimum atomic E-state index is -0.641. The highest BCUT2D eigenvalue weighted by Gasteiger charge is 2.27. The first-order chi connectivity index (χ1) is 8.99. The number of nitro benzene ring substituents is 1. The molecule has 0 aliphatic carbocycles. The normalized spacial score (nSPS) is 13.5. The Bertz CT molecular complexity index is 489. The van der Waals surface area contributed by atoms with Crippen molar-refractivity contribution in [3.8, 4) is 0 Å². The molecule has 0 aromatic heterocycles. The standard InChI is InChI=1S/C12H14N2O5/c1-2-9(8-15)12(7-13(16)17)10-4-3-5-11(6-10)14(18)19/h3-6,8-9,12H,2,7H2,1H3/t9-,12-/m0/s1. The van der Waals surface area contributed by atoms with Gasteiger partial charge in [-0.05, 0) is 12.0 Å². The molecule has 0 saturated heterocycles. The summed E-state index contributed by atoms with van der Waals surface area (Å²) in [4.78, 5) is 31.3. The van der Waals surface area contributed by atoms with Crippen molar-refractivity contribution in [3.05, 3.63) is 50.1 Å². The van der Waals surface area contributed by atoms with Gasteiger partial charge < -0.3 is 4.79 Å². The van der Waals surface area contributed by atoms with E-state index >= 15 is 0 Å². The minimum Gasteiger partial charge on any atom is -0.303 e. The van der Waals surface area contributed by atoms with E-state index in [9.17, 15) is 25.0 Å². The van der Waals surface area contributed by atoms with Crippen LogP contribution in [0.25, 0.3) is 0 Å². The van der Waals surface area contributed by atoms with E-state index in [0.717, 1.165) is 0 Å². The Hall–Kier alpha value is -2.31. The predicted octanol–water partition coefficient (Wildman–Crippen LogP) is 2.18. The van der Waals surface area contributed by atoms with E-state index in [-0.39, 0.29) is 5.69 Å². The monoisotopic (exact) mass is 266 g/mol. The van der Waals surface area contributed by atoms with E-state index in [1.54, 1.807) is 13.0 Å². The number of non-ortho nitro benzene ring substituents is 1. The second kappa shape index (κ2) is 6.58. The summed E-state index contributed by atoms with van der Waals surface area (Å²) in [5.41, 5.74) is 0.316. The SMILES string of the molecule is CC[C@@H](C=O)[C@H](C[N+](=O)[O-])c1cccc([N+](=O)[O-])c1. The molecule has 0 N–H and O–H groups in total. The fraction of sp³-hybridized carbons (Fsp3) is 0.417. The highest BCUT2D eigenvalue weighted by molar-refractivity contribution is 5.56. The number of nitrogens with zero attached hydrogens (tertiary/aromatic N) is 2. The first kappa shape index (κ1) is 14.7. The van der Waals surface area contributed by atoms with Gasteiger partial charge in [0.15, 0.2) is 0 Å². The van der Waals surface area contributed by atoms with Crippen LogP contribution in [-0.4, -0.2) is 22.7 Å². The highest BCUT2D eigenvalue weighted by Crippen LogP contribution is 2.28. The molecular formula is C12H14N2O5. The number of rotatable bonds is 7. The molecule has 0 unspecified atom stereocenters. The van der Waals surface area contributed by atoms with Crippen LogP contribution in [0.4, 0.5) is 5.69 Å². The molecule has 0 fully saturated rings. The van der Waals surface area contributed by atoms with Crippen LogP contribution in [0, 0.1) is 26.1 Å². The summed E-state index contributed by atoms with van der Waals surface area (Å²) >= 11 is 0. The van der Waals surface area contributed by atoms with Crippen molar-refractivity contribution in [2.24, 2.45) is 5.92 Å². The van der Waals surface area contributed by atoms with E-state index in [1.807, 2.05) is 0 Å². The van der Waals surface area contributed by atoms with Crippen molar-refractivity contribution < 1.29 is 14.6 Å². The van der Waals surface area contributed by atoms with E-state index in [0.29, 0.717) is 18.3 Å². The second-order valence-electron chi connectivity index (χ2n) is 4.18. The van der Waals surface area contributed by atoms with Gasteiger partial charge in [-0.1, -0.05) is 19.1 Å². The summed E-state index contributed by atoms with van der Waals surface area (Å²) in [6.07, 6.45) is 1.12. The Labute approximate surface area is 109 Å². The van der Waals surface area contributed by atoms with Gasteiger partial charge in [-0.15, -0.1) is 0 Å². The van der Waals surface area contributed by atoms with E-state index in [1.165, 1.54) is 18.2 Å². The van der Waals surface area contributed by atoms with Gasteiger partial charge in [-0.25, -0.2) is 0 Å². The van der Waals surface area contributed by atoms with Crippen molar-refractivity contribution in [1.82, 2.24) is 0 Å². The van der Waals surface area contributed by atoms with Crippen molar-refractivity contribution in [2.45, 2.75) is 19.3 Å². The highest BCUT2D eigenvalue weighted by atomic mass is 16.6. The van der Waals surface area contributed by atoms with E-state index in [2.05, 4.69) is 0 Å². The Morgan fingerprint density at radius 3 is 2.47 bits per heavy atom. The van der Waals surface area contributed by atoms with Crippen molar-refractivity contribution in [3.63, 3.8) is 0 Å². The maximum absolute atomic E-state index is 11.0. The first-order valence-electron chi connectivity index (χ1n) is 5.81. The van der Waals surface area contributed by atoms with Gasteiger partial charge in [0.2, 0.25) is 6.54 Å². The molecule has 7 heteroatoms. The van der Waals surface area contributed by atoms with E-state index < -0.39 is 28.2 Å². The van der Waals surface area contributed by atoms with Crippen LogP contribution < -0.4 is 0 Å². The van der Waals surface area contributed by atoms with Gasteiger partial charge in [-0.2, -0.15) is 0 Å². The Morgan fingerprint density at radius 1 is 1.32 bits per heavy atom. The zero-order chi connectivity index (χ0) is 14.4. The molecule has 0 heterocycles. The molecular weight excluding hydrogens is 252 g/mol. The van der Waals surface area contributed by atoms with E-state index in [4.69, 9.17) is 0 Å². The van der Waals surface area contributed by atoms with Crippen LogP contribution in [0.2, 0.25) is 0 Å². The molecule has 0 radical (unpaired) electrons. The molecule has 2 atom stereocenters. The quantitative estimate of drug-likeness (QED) is 0.427. The Kier molecular flexibility index (Phi) is 5.11. The molecule has 102 valence electrons. The zero-order valence-corrected chi connectivity index (χ0v) is 10.4. The third-order valence-electron chi connectivity index (χ3n) is 3.02. The summed E-state index contributed by atoms with van der Waals surface area (Å²) in [5.74, 6) is -1.16. The lowest BCUT2D eigenvalue weighted by Crippen LogP contribution is -2.22. The largest absolute Gasteiger partial charge is 0.303 e. The number of aldehydes is 1. The number of nitro groups is 2. The number of hydrogen-bond donors (Lipinski definition) is 0. The maximum Gasteiger partial charge on any atom is 0.269 e. The molecule has 0 saturated carbocycles. The fourth-order valence-electron chi connectivity index (χ4n) is 1.99. The average Bonchev–Trinajstić information content (AvgIpc) is 2.38. The minimum absolute atomic E-state index is 0.133. The number of carbonyl (C=O) groups is 1. The predicted molar refractivity (Wildman–Crippen MR) is 67.5 cm³/mol. The summed E-state index contributed by atoms with van der Waals surface area (Å²) in [6, 6.07) is 5.65. The van der Waals surface area contributed by atoms with Crippen LogP contribution in [0.3, 0.4) is 0 Å². The number of benzene rings is 1. The van der Waals surface area contributed by atoms with Crippen LogP contribution in [0.15, 0.2) is 24.3 Å². The molecule has 0 spiro atoms. The Morgan fingerprint density at radius 2 is 2.00 bits per heavy atom. The molecule has 1 aromatic rings. The molecule has 0 aliphatic rings. The lowest BCUT2D eigenvalue weighted by atomic mass is 9.85. The van der Waals surface area contributed by atoms with Crippen LogP contribution >= 0.6 is 0 Å². The molecule has 19 heavy (non-hydrogen) atoms. The second-order valence-corrected chi connectivity index (χ2v) is 4.18. The first-order valence-corrected chi connectivity index (χ1v) is 5.81. The lowest BCUT2D eigenvalue weighted by molar-refractivity contribution is -0.484. The summed E-state index contributed by atoms with van der Waals surface area (Å²) in [5, 5.41) is 21.4. The van der Waals surface area contributed by atoms with Gasteiger partial charge in [-0.3, -0.25) is 20.2 Å². The molecule has 0 aliphatic heterocycles. The average molecular weight is 266 g/mol. The summed E-state index contributed by atoms with van der Waals surface area (Å²) < 4.78 is 0. The zero-order valence-electron chi connectivity index (χ0n) is 10.4. The molecule has 1 aromatic carbocycles. The third kappa shape index (κ3) is 3.84. The van der Waals surface area contributed by atoms with Gasteiger partial charge in [0.25, 0.3) is 5.69 Å². The van der Waals surface area contributed by atoms with Crippen LogP contribution in [-0.2, 0) is 4.79 Å². The topological polar surface area (TPSA) is 103 Å². The number of hydrogen-bond acceptors (Lipinski definition) is 5. The van der Waals surface area contributed by atoms with Crippen LogP contribution in [0.1, 0.15) is 24.8 Å². The molecule has 0 amide bonds. The Balaban J connectivity index is 3.15. The summed E-state index contributed by atoms with van der Waals surface area (Å²) in [6.45, 7) is 1.34. The van der Waals surface area contributed by atoms with Crippen molar-refractivity contribution in [1.29, 1.82) is 0 Å². The fourth-order valence-corrected chi connectivity index (χ4v) is 1.99. The number of carbonyl (C=O) groups excluding carboxylic acids is 1. The third-order valence-corrected chi connectivity index (χ3v) is 3.02. The maximum atomic E-state index is 11.0. The molecule has 1 rings (SSSR count). The van der Waals surface area contributed by atoms with Gasteiger partial charge in [0, 0.05) is 23.0 Å².